The van der Waals surface area contributed by atoms with Gasteiger partial charge in [0.25, 0.3) is 0 Å². The van der Waals surface area contributed by atoms with Crippen molar-refractivity contribution in [1.29, 1.82) is 0 Å². The lowest BCUT2D eigenvalue weighted by Crippen LogP contribution is -2.22. The van der Waals surface area contributed by atoms with E-state index in [9.17, 15) is 0 Å². The zero-order valence-corrected chi connectivity index (χ0v) is 7.19. The summed E-state index contributed by atoms with van der Waals surface area (Å²) >= 11 is 4.21. The normalized spacial score (nSPS) is 13.2. The molecule has 0 saturated carbocycles. The summed E-state index contributed by atoms with van der Waals surface area (Å²) < 4.78 is 1.98. The molecule has 0 saturated heterocycles. The Bertz CT molecular complexity index is 90.9. The Kier molecular flexibility index (Phi) is 4.87. The molecule has 1 unspecified atom stereocenters. The van der Waals surface area contributed by atoms with E-state index in [4.69, 9.17) is 0 Å². The van der Waals surface area contributed by atoms with Crippen molar-refractivity contribution < 1.29 is 4.58 Å². The molecule has 0 bridgehead atoms. The molecule has 0 spiro atoms. The minimum atomic E-state index is 0.554. The SMILES string of the molecule is C=[N+](C)C(CS)CCC. The van der Waals surface area contributed by atoms with Crippen LogP contribution >= 0.6 is 12.6 Å². The summed E-state index contributed by atoms with van der Waals surface area (Å²) in [5.74, 6) is 0.911. The molecule has 0 rings (SSSR count). The monoisotopic (exact) mass is 146 g/mol. The van der Waals surface area contributed by atoms with Gasteiger partial charge in [0, 0.05) is 6.42 Å². The summed E-state index contributed by atoms with van der Waals surface area (Å²) in [5.41, 5.74) is 0. The molecular weight excluding hydrogens is 130 g/mol. The van der Waals surface area contributed by atoms with Gasteiger partial charge in [-0.3, -0.25) is 0 Å². The summed E-state index contributed by atoms with van der Waals surface area (Å²) in [7, 11) is 2.00. The lowest BCUT2D eigenvalue weighted by atomic mass is 10.2. The molecule has 0 aliphatic carbocycles. The average molecular weight is 146 g/mol. The van der Waals surface area contributed by atoms with Gasteiger partial charge in [0.1, 0.15) is 13.8 Å². The smallest absolute Gasteiger partial charge is 0.160 e. The molecule has 0 aromatic carbocycles. The summed E-state index contributed by atoms with van der Waals surface area (Å²) in [6.45, 7) is 5.99. The summed E-state index contributed by atoms with van der Waals surface area (Å²) in [6, 6.07) is 0.554. The van der Waals surface area contributed by atoms with Crippen LogP contribution in [0, 0.1) is 0 Å². The first kappa shape index (κ1) is 9.02. The molecule has 0 heterocycles. The predicted octanol–water partition coefficient (Wildman–Crippen LogP) is 1.43. The molecule has 0 aliphatic heterocycles. The van der Waals surface area contributed by atoms with Crippen molar-refractivity contribution in [1.82, 2.24) is 0 Å². The van der Waals surface area contributed by atoms with Gasteiger partial charge in [-0.15, -0.1) is 0 Å². The molecule has 0 radical (unpaired) electrons. The fourth-order valence-corrected chi connectivity index (χ4v) is 1.25. The van der Waals surface area contributed by atoms with Crippen LogP contribution in [0.25, 0.3) is 0 Å². The van der Waals surface area contributed by atoms with Crippen molar-refractivity contribution in [3.05, 3.63) is 0 Å². The highest BCUT2D eigenvalue weighted by molar-refractivity contribution is 7.80. The van der Waals surface area contributed by atoms with Crippen LogP contribution < -0.4 is 0 Å². The van der Waals surface area contributed by atoms with Crippen LogP contribution in [0.1, 0.15) is 19.8 Å². The van der Waals surface area contributed by atoms with E-state index in [1.165, 1.54) is 12.8 Å². The summed E-state index contributed by atoms with van der Waals surface area (Å²) in [6.07, 6.45) is 2.41. The fourth-order valence-electron chi connectivity index (χ4n) is 0.784. The molecule has 0 aromatic heterocycles. The van der Waals surface area contributed by atoms with E-state index < -0.39 is 0 Å². The second-order valence-corrected chi connectivity index (χ2v) is 2.75. The largest absolute Gasteiger partial charge is 0.241 e. The van der Waals surface area contributed by atoms with Crippen LogP contribution in [-0.2, 0) is 0 Å². The Hall–Kier alpha value is 0.0200. The van der Waals surface area contributed by atoms with Gasteiger partial charge in [0.2, 0.25) is 0 Å². The number of rotatable bonds is 4. The number of nitrogens with zero attached hydrogens (tertiary/aromatic N) is 1. The molecule has 9 heavy (non-hydrogen) atoms. The molecule has 0 amide bonds. The molecule has 2 heteroatoms. The summed E-state index contributed by atoms with van der Waals surface area (Å²) in [4.78, 5) is 0. The van der Waals surface area contributed by atoms with E-state index in [-0.39, 0.29) is 0 Å². The van der Waals surface area contributed by atoms with E-state index in [1.54, 1.807) is 0 Å². The van der Waals surface area contributed by atoms with Gasteiger partial charge in [0.05, 0.1) is 5.75 Å². The van der Waals surface area contributed by atoms with Crippen LogP contribution in [0.2, 0.25) is 0 Å². The van der Waals surface area contributed by atoms with Gasteiger partial charge in [-0.2, -0.15) is 12.6 Å². The average Bonchev–Trinajstić information content (AvgIpc) is 1.82. The van der Waals surface area contributed by atoms with Crippen LogP contribution in [0.3, 0.4) is 0 Å². The first-order chi connectivity index (χ1) is 4.22. The topological polar surface area (TPSA) is 3.01 Å². The Labute approximate surface area is 63.2 Å². The van der Waals surface area contributed by atoms with Crippen molar-refractivity contribution in [3.8, 4) is 0 Å². The molecular formula is C7H16NS+. The first-order valence-electron chi connectivity index (χ1n) is 3.36. The van der Waals surface area contributed by atoms with Crippen LogP contribution in [0.4, 0.5) is 0 Å². The van der Waals surface area contributed by atoms with E-state index in [2.05, 4.69) is 26.3 Å². The maximum Gasteiger partial charge on any atom is 0.160 e. The zero-order valence-electron chi connectivity index (χ0n) is 6.30. The Morgan fingerprint density at radius 1 is 1.67 bits per heavy atom. The quantitative estimate of drug-likeness (QED) is 0.347. The Balaban J connectivity index is 3.54. The zero-order chi connectivity index (χ0) is 7.28. The fraction of sp³-hybridized carbons (Fsp3) is 0.857. The van der Waals surface area contributed by atoms with E-state index in [0.717, 1.165) is 5.75 Å². The Morgan fingerprint density at radius 2 is 2.22 bits per heavy atom. The van der Waals surface area contributed by atoms with Crippen molar-refractivity contribution >= 4 is 19.3 Å². The van der Waals surface area contributed by atoms with E-state index in [0.29, 0.717) is 6.04 Å². The van der Waals surface area contributed by atoms with Gasteiger partial charge in [-0.05, 0) is 6.42 Å². The van der Waals surface area contributed by atoms with Crippen LogP contribution in [-0.4, -0.2) is 30.1 Å². The second kappa shape index (κ2) is 4.86. The van der Waals surface area contributed by atoms with Crippen molar-refractivity contribution in [2.24, 2.45) is 0 Å². The molecule has 0 aromatic rings. The van der Waals surface area contributed by atoms with Gasteiger partial charge < -0.3 is 0 Å². The molecule has 1 nitrogen and oxygen atoms in total. The molecule has 1 atom stereocenters. The van der Waals surface area contributed by atoms with Crippen molar-refractivity contribution in [3.63, 3.8) is 0 Å². The molecule has 0 fully saturated rings. The third kappa shape index (κ3) is 3.57. The maximum atomic E-state index is 4.21. The van der Waals surface area contributed by atoms with E-state index >= 15 is 0 Å². The predicted molar refractivity (Wildman–Crippen MR) is 45.9 cm³/mol. The third-order valence-corrected chi connectivity index (χ3v) is 1.88. The minimum absolute atomic E-state index is 0.554. The maximum absolute atomic E-state index is 4.21. The second-order valence-electron chi connectivity index (χ2n) is 2.38. The van der Waals surface area contributed by atoms with Crippen LogP contribution in [0.15, 0.2) is 0 Å². The highest BCUT2D eigenvalue weighted by Gasteiger charge is 2.10. The van der Waals surface area contributed by atoms with Gasteiger partial charge in [-0.1, -0.05) is 6.92 Å². The van der Waals surface area contributed by atoms with Crippen LogP contribution in [0.5, 0.6) is 0 Å². The lowest BCUT2D eigenvalue weighted by Gasteiger charge is -2.06. The minimum Gasteiger partial charge on any atom is -0.241 e. The number of hydrogen-bond donors (Lipinski definition) is 1. The van der Waals surface area contributed by atoms with Crippen molar-refractivity contribution in [2.75, 3.05) is 12.8 Å². The van der Waals surface area contributed by atoms with Crippen molar-refractivity contribution in [2.45, 2.75) is 25.8 Å². The summed E-state index contributed by atoms with van der Waals surface area (Å²) in [5, 5.41) is 0. The molecule has 0 N–H and O–H groups in total. The Morgan fingerprint density at radius 3 is 2.33 bits per heavy atom. The molecule has 54 valence electrons. The van der Waals surface area contributed by atoms with Gasteiger partial charge >= 0.3 is 0 Å². The molecule has 0 aliphatic rings. The highest BCUT2D eigenvalue weighted by atomic mass is 32.1. The number of thiol groups is 1. The standard InChI is InChI=1S/C7H15NS/c1-4-5-7(6-9)8(2)3/h7H,2,4-6H2,1,3H3/p+1. The highest BCUT2D eigenvalue weighted by Crippen LogP contribution is 2.00. The van der Waals surface area contributed by atoms with Gasteiger partial charge in [0.15, 0.2) is 6.04 Å². The third-order valence-electron chi connectivity index (χ3n) is 1.46. The van der Waals surface area contributed by atoms with E-state index in [1.807, 2.05) is 11.6 Å². The number of hydrogen-bond acceptors (Lipinski definition) is 1. The first-order valence-corrected chi connectivity index (χ1v) is 3.99. The van der Waals surface area contributed by atoms with Gasteiger partial charge in [-0.25, -0.2) is 4.58 Å². The lowest BCUT2D eigenvalue weighted by molar-refractivity contribution is -0.525.